The highest BCUT2D eigenvalue weighted by molar-refractivity contribution is 6.16. The lowest BCUT2D eigenvalue weighted by Crippen LogP contribution is -2.46. The van der Waals surface area contributed by atoms with Crippen molar-refractivity contribution in [1.82, 2.24) is 14.7 Å². The maximum absolute atomic E-state index is 13.6. The van der Waals surface area contributed by atoms with Gasteiger partial charge in [0.1, 0.15) is 0 Å². The zero-order chi connectivity index (χ0) is 22.0. The summed E-state index contributed by atoms with van der Waals surface area (Å²) in [7, 11) is 0. The number of Topliss-reactive ketones (excluding diaryl/α,β-unsaturated/α-hetero) is 1. The number of aromatic nitrogens is 2. The number of carbonyl (C=O) groups is 2. The Bertz CT molecular complexity index is 965. The number of alkyl halides is 2. The van der Waals surface area contributed by atoms with Crippen LogP contribution in [0.15, 0.2) is 11.2 Å². The van der Waals surface area contributed by atoms with Gasteiger partial charge in [-0.25, -0.2) is 18.5 Å². The largest absolute Gasteiger partial charge is 0.342 e. The second-order valence-electron chi connectivity index (χ2n) is 10.6. The Balaban J connectivity index is 1.21. The van der Waals surface area contributed by atoms with E-state index in [1.165, 1.54) is 25.5 Å². The first-order valence-electron chi connectivity index (χ1n) is 12.2. The van der Waals surface area contributed by atoms with E-state index in [-0.39, 0.29) is 48.8 Å². The second kappa shape index (κ2) is 7.45. The van der Waals surface area contributed by atoms with Crippen molar-refractivity contribution in [3.63, 3.8) is 0 Å². The molecule has 0 N–H and O–H groups in total. The quantitative estimate of drug-likeness (QED) is 0.686. The van der Waals surface area contributed by atoms with E-state index >= 15 is 0 Å². The molecule has 6 rings (SSSR count). The van der Waals surface area contributed by atoms with Gasteiger partial charge < -0.3 is 4.90 Å². The minimum absolute atomic E-state index is 0.0130. The van der Waals surface area contributed by atoms with E-state index in [2.05, 4.69) is 10.00 Å². The maximum atomic E-state index is 13.6. The summed E-state index contributed by atoms with van der Waals surface area (Å²) in [6.07, 6.45) is 7.63. The van der Waals surface area contributed by atoms with Crippen LogP contribution in [0.25, 0.3) is 0 Å². The minimum Gasteiger partial charge on any atom is -0.342 e. The number of carbonyl (C=O) groups excluding carboxylic acids is 2. The van der Waals surface area contributed by atoms with Crippen LogP contribution < -0.4 is 0 Å². The first-order valence-corrected chi connectivity index (χ1v) is 12.2. The summed E-state index contributed by atoms with van der Waals surface area (Å²) >= 11 is 0. The van der Waals surface area contributed by atoms with Crippen LogP contribution in [0, 0.1) is 23.7 Å². The maximum Gasteiger partial charge on any atom is 0.248 e. The standard InChI is InChI=1S/C24H30F2N4O2/c25-24(26)8-6-16(7-9-24)30-22-19(11-27-30)21(31)10-20(28-22)17-4-5-18(17)23(32)29-12-14-2-1-3-15(14)13-29/h11,14-18H,1-10,12-13H2/t14-,15+,17-,18-/m0/s1. The molecule has 3 aliphatic carbocycles. The van der Waals surface area contributed by atoms with Crippen LogP contribution in [0.1, 0.15) is 80.6 Å². The Morgan fingerprint density at radius 3 is 2.41 bits per heavy atom. The number of hydrogen-bond donors (Lipinski definition) is 0. The van der Waals surface area contributed by atoms with Crippen LogP contribution in [0.5, 0.6) is 0 Å². The molecule has 32 heavy (non-hydrogen) atoms. The lowest BCUT2D eigenvalue weighted by molar-refractivity contribution is -0.138. The number of hydrogen-bond acceptors (Lipinski definition) is 4. The third kappa shape index (κ3) is 3.32. The topological polar surface area (TPSA) is 67.6 Å². The van der Waals surface area contributed by atoms with Gasteiger partial charge in [0.2, 0.25) is 11.8 Å². The molecule has 4 fully saturated rings. The number of fused-ring (bicyclic) bond motifs is 2. The van der Waals surface area contributed by atoms with Crippen molar-refractivity contribution in [3.8, 4) is 0 Å². The second-order valence-corrected chi connectivity index (χ2v) is 10.6. The van der Waals surface area contributed by atoms with Gasteiger partial charge in [-0.3, -0.25) is 9.59 Å². The van der Waals surface area contributed by atoms with Crippen LogP contribution in [0.2, 0.25) is 0 Å². The van der Waals surface area contributed by atoms with Gasteiger partial charge in [0, 0.05) is 43.5 Å². The van der Waals surface area contributed by atoms with E-state index in [0.29, 0.717) is 36.1 Å². The molecule has 8 heteroatoms. The van der Waals surface area contributed by atoms with Gasteiger partial charge in [-0.1, -0.05) is 6.42 Å². The number of likely N-dealkylation sites (tertiary alicyclic amines) is 1. The smallest absolute Gasteiger partial charge is 0.248 e. The summed E-state index contributed by atoms with van der Waals surface area (Å²) in [5.74, 6) is -0.602. The van der Waals surface area contributed by atoms with Crippen LogP contribution in [-0.2, 0) is 4.79 Å². The third-order valence-electron chi connectivity index (χ3n) is 8.75. The number of ketones is 1. The zero-order valence-electron chi connectivity index (χ0n) is 18.3. The van der Waals surface area contributed by atoms with E-state index in [1.807, 2.05) is 0 Å². The number of aliphatic imine (C=N–C) groups is 1. The zero-order valence-corrected chi connectivity index (χ0v) is 18.3. The average molecular weight is 445 g/mol. The molecule has 1 aromatic rings. The predicted molar refractivity (Wildman–Crippen MR) is 114 cm³/mol. The molecule has 4 atom stereocenters. The lowest BCUT2D eigenvalue weighted by Gasteiger charge is -2.39. The van der Waals surface area contributed by atoms with Crippen molar-refractivity contribution in [2.75, 3.05) is 13.1 Å². The van der Waals surface area contributed by atoms with Crippen molar-refractivity contribution in [2.45, 2.75) is 76.2 Å². The van der Waals surface area contributed by atoms with E-state index in [9.17, 15) is 18.4 Å². The van der Waals surface area contributed by atoms with Gasteiger partial charge in [-0.05, 0) is 50.4 Å². The van der Waals surface area contributed by atoms with Gasteiger partial charge in [0.25, 0.3) is 0 Å². The van der Waals surface area contributed by atoms with Crippen molar-refractivity contribution >= 4 is 23.2 Å². The normalized spacial score (nSPS) is 34.1. The Morgan fingerprint density at radius 2 is 1.75 bits per heavy atom. The van der Waals surface area contributed by atoms with Crippen LogP contribution in [0.3, 0.4) is 0 Å². The van der Waals surface area contributed by atoms with Gasteiger partial charge in [0.15, 0.2) is 11.6 Å². The molecule has 172 valence electrons. The number of halogens is 2. The van der Waals surface area contributed by atoms with Crippen molar-refractivity contribution in [1.29, 1.82) is 0 Å². The highest BCUT2D eigenvalue weighted by atomic mass is 19.3. The van der Waals surface area contributed by atoms with Gasteiger partial charge in [-0.15, -0.1) is 0 Å². The molecular formula is C24H30F2N4O2. The van der Waals surface area contributed by atoms with Crippen molar-refractivity contribution in [3.05, 3.63) is 11.8 Å². The summed E-state index contributed by atoms with van der Waals surface area (Å²) in [4.78, 5) is 33.0. The molecule has 0 bridgehead atoms. The monoisotopic (exact) mass is 444 g/mol. The molecule has 5 aliphatic rings. The number of nitrogens with zero attached hydrogens (tertiary/aromatic N) is 4. The molecule has 3 saturated carbocycles. The molecule has 2 aliphatic heterocycles. The predicted octanol–water partition coefficient (Wildman–Crippen LogP) is 4.58. The fourth-order valence-corrected chi connectivity index (χ4v) is 6.69. The number of amides is 1. The molecule has 0 spiro atoms. The average Bonchev–Trinajstić information content (AvgIpc) is 3.42. The number of rotatable bonds is 3. The van der Waals surface area contributed by atoms with Gasteiger partial charge in [-0.2, -0.15) is 5.10 Å². The lowest BCUT2D eigenvalue weighted by atomic mass is 9.68. The fourth-order valence-electron chi connectivity index (χ4n) is 6.69. The molecule has 1 amide bonds. The van der Waals surface area contributed by atoms with E-state index < -0.39 is 5.92 Å². The Hall–Kier alpha value is -2.12. The van der Waals surface area contributed by atoms with E-state index in [0.717, 1.165) is 31.6 Å². The molecule has 0 aromatic carbocycles. The van der Waals surface area contributed by atoms with Gasteiger partial charge >= 0.3 is 0 Å². The first-order chi connectivity index (χ1) is 15.4. The highest BCUT2D eigenvalue weighted by Gasteiger charge is 2.47. The first kappa shape index (κ1) is 20.5. The van der Waals surface area contributed by atoms with Crippen molar-refractivity contribution < 1.29 is 18.4 Å². The van der Waals surface area contributed by atoms with Crippen molar-refractivity contribution in [2.24, 2.45) is 28.7 Å². The van der Waals surface area contributed by atoms with Crippen LogP contribution >= 0.6 is 0 Å². The molecule has 3 heterocycles. The highest BCUT2D eigenvalue weighted by Crippen LogP contribution is 2.45. The Kier molecular flexibility index (Phi) is 4.77. The molecule has 1 saturated heterocycles. The summed E-state index contributed by atoms with van der Waals surface area (Å²) < 4.78 is 28.9. The molecular weight excluding hydrogens is 414 g/mol. The molecule has 0 radical (unpaired) electrons. The summed E-state index contributed by atoms with van der Waals surface area (Å²) in [5, 5.41) is 4.38. The Labute approximate surface area is 186 Å². The molecule has 6 nitrogen and oxygen atoms in total. The summed E-state index contributed by atoms with van der Waals surface area (Å²) in [6, 6.07) is -0.155. The summed E-state index contributed by atoms with van der Waals surface area (Å²) in [6.45, 7) is 1.78. The Morgan fingerprint density at radius 1 is 1.03 bits per heavy atom. The van der Waals surface area contributed by atoms with Gasteiger partial charge in [0.05, 0.1) is 24.2 Å². The minimum atomic E-state index is -2.61. The fraction of sp³-hybridized carbons (Fsp3) is 0.750. The molecule has 1 aromatic heterocycles. The third-order valence-corrected chi connectivity index (χ3v) is 8.75. The van der Waals surface area contributed by atoms with Crippen LogP contribution in [-0.4, -0.2) is 51.1 Å². The molecule has 0 unspecified atom stereocenters. The van der Waals surface area contributed by atoms with E-state index in [1.54, 1.807) is 4.68 Å². The SMILES string of the molecule is O=C1CC([C@H]2CC[C@@H]2C(=O)N2C[C@H]3CCC[C@H]3C2)=Nc2c1cnn2C1CCC(F)(F)CC1. The van der Waals surface area contributed by atoms with E-state index in [4.69, 9.17) is 4.99 Å². The van der Waals surface area contributed by atoms with Crippen LogP contribution in [0.4, 0.5) is 14.6 Å². The summed E-state index contributed by atoms with van der Waals surface area (Å²) in [5.41, 5.74) is 1.27.